The zero-order valence-electron chi connectivity index (χ0n) is 12.5. The van der Waals surface area contributed by atoms with Crippen LogP contribution >= 0.6 is 0 Å². The van der Waals surface area contributed by atoms with Gasteiger partial charge in [-0.3, -0.25) is 14.9 Å². The minimum Gasteiger partial charge on any atom is -0.481 e. The molecule has 0 bridgehead atoms. The first kappa shape index (κ1) is 18.9. The molecule has 0 aliphatic carbocycles. The molecule has 0 atom stereocenters. The van der Waals surface area contributed by atoms with Crippen molar-refractivity contribution in [3.05, 3.63) is 10.1 Å². The van der Waals surface area contributed by atoms with Gasteiger partial charge in [0.2, 0.25) is 6.54 Å². The SMILES string of the molecule is O=C(O)CCCCCCCCCCCCCC[N+](=O)[O-]. The summed E-state index contributed by atoms with van der Waals surface area (Å²) in [5, 5.41) is 18.6. The average Bonchev–Trinajstić information content (AvgIpc) is 2.38. The molecule has 0 aromatic heterocycles. The second-order valence-electron chi connectivity index (χ2n) is 5.44. The van der Waals surface area contributed by atoms with Gasteiger partial charge >= 0.3 is 5.97 Å². The molecule has 5 heteroatoms. The Bertz CT molecular complexity index is 230. The third-order valence-electron chi connectivity index (χ3n) is 3.48. The average molecular weight is 287 g/mol. The Labute approximate surface area is 121 Å². The van der Waals surface area contributed by atoms with Gasteiger partial charge in [-0.2, -0.15) is 0 Å². The predicted molar refractivity (Wildman–Crippen MR) is 79.5 cm³/mol. The molecule has 20 heavy (non-hydrogen) atoms. The summed E-state index contributed by atoms with van der Waals surface area (Å²) in [7, 11) is 0. The number of carbonyl (C=O) groups is 1. The third-order valence-corrected chi connectivity index (χ3v) is 3.48. The van der Waals surface area contributed by atoms with Crippen molar-refractivity contribution in [1.82, 2.24) is 0 Å². The zero-order valence-corrected chi connectivity index (χ0v) is 12.5. The summed E-state index contributed by atoms with van der Waals surface area (Å²) in [5.41, 5.74) is 0. The van der Waals surface area contributed by atoms with Crippen LogP contribution in [0.4, 0.5) is 0 Å². The van der Waals surface area contributed by atoms with Crippen molar-refractivity contribution in [2.24, 2.45) is 0 Å². The van der Waals surface area contributed by atoms with Gasteiger partial charge in [-0.25, -0.2) is 0 Å². The van der Waals surface area contributed by atoms with Crippen molar-refractivity contribution in [3.63, 3.8) is 0 Å². The van der Waals surface area contributed by atoms with Crippen LogP contribution < -0.4 is 0 Å². The molecule has 0 amide bonds. The van der Waals surface area contributed by atoms with Crippen molar-refractivity contribution in [2.75, 3.05) is 6.54 Å². The molecule has 1 N–H and O–H groups in total. The minimum absolute atomic E-state index is 0.113. The van der Waals surface area contributed by atoms with E-state index in [9.17, 15) is 14.9 Å². The van der Waals surface area contributed by atoms with Crippen molar-refractivity contribution in [2.45, 2.75) is 83.5 Å². The van der Waals surface area contributed by atoms with Gasteiger partial charge in [0.25, 0.3) is 0 Å². The summed E-state index contributed by atoms with van der Waals surface area (Å²) in [5.74, 6) is -0.691. The molecular formula is C15H29NO4. The lowest BCUT2D eigenvalue weighted by Crippen LogP contribution is -1.99. The maximum Gasteiger partial charge on any atom is 0.303 e. The third kappa shape index (κ3) is 16.9. The fourth-order valence-electron chi connectivity index (χ4n) is 2.28. The first-order valence-corrected chi connectivity index (χ1v) is 7.96. The number of aliphatic carboxylic acids is 1. The Balaban J connectivity index is 2.99. The largest absolute Gasteiger partial charge is 0.481 e. The van der Waals surface area contributed by atoms with Crippen molar-refractivity contribution in [1.29, 1.82) is 0 Å². The summed E-state index contributed by atoms with van der Waals surface area (Å²) in [6, 6.07) is 0. The summed E-state index contributed by atoms with van der Waals surface area (Å²) >= 11 is 0. The highest BCUT2D eigenvalue weighted by Gasteiger charge is 1.98. The van der Waals surface area contributed by atoms with Gasteiger partial charge in [0, 0.05) is 17.8 Å². The fraction of sp³-hybridized carbons (Fsp3) is 0.933. The Morgan fingerprint density at radius 1 is 0.750 bits per heavy atom. The van der Waals surface area contributed by atoms with Gasteiger partial charge in [-0.1, -0.05) is 57.8 Å². The van der Waals surface area contributed by atoms with Crippen LogP contribution in [0.3, 0.4) is 0 Å². The molecule has 0 aromatic rings. The first-order chi connectivity index (χ1) is 9.63. The molecule has 0 spiro atoms. The molecule has 0 saturated heterocycles. The maximum atomic E-state index is 10.3. The van der Waals surface area contributed by atoms with E-state index < -0.39 is 5.97 Å². The molecule has 0 unspecified atom stereocenters. The molecule has 0 radical (unpaired) electrons. The highest BCUT2D eigenvalue weighted by molar-refractivity contribution is 5.66. The lowest BCUT2D eigenvalue weighted by Gasteiger charge is -2.02. The van der Waals surface area contributed by atoms with Crippen molar-refractivity contribution in [3.8, 4) is 0 Å². The van der Waals surface area contributed by atoms with E-state index in [0.29, 0.717) is 12.8 Å². The van der Waals surface area contributed by atoms with E-state index in [0.717, 1.165) is 32.1 Å². The standard InChI is InChI=1S/C15H29NO4/c17-15(18)13-11-9-7-5-3-1-2-4-6-8-10-12-14-16(19)20/h1-14H2,(H,17,18). The number of nitrogens with zero attached hydrogens (tertiary/aromatic N) is 1. The predicted octanol–water partition coefficient (Wildman–Crippen LogP) is 4.42. The number of unbranched alkanes of at least 4 members (excludes halogenated alkanes) is 11. The molecule has 0 fully saturated rings. The van der Waals surface area contributed by atoms with E-state index in [1.807, 2.05) is 0 Å². The van der Waals surface area contributed by atoms with Crippen LogP contribution in [-0.4, -0.2) is 22.5 Å². The second-order valence-corrected chi connectivity index (χ2v) is 5.44. The van der Waals surface area contributed by atoms with Crippen LogP contribution in [0.5, 0.6) is 0 Å². The molecule has 118 valence electrons. The fourth-order valence-corrected chi connectivity index (χ4v) is 2.28. The van der Waals surface area contributed by atoms with Gasteiger partial charge in [0.05, 0.1) is 0 Å². The molecule has 0 aliphatic heterocycles. The first-order valence-electron chi connectivity index (χ1n) is 7.96. The molecule has 0 saturated carbocycles. The lowest BCUT2D eigenvalue weighted by molar-refractivity contribution is -0.480. The van der Waals surface area contributed by atoms with Gasteiger partial charge in [-0.15, -0.1) is 0 Å². The van der Waals surface area contributed by atoms with Crippen LogP contribution in [-0.2, 0) is 4.79 Å². The smallest absolute Gasteiger partial charge is 0.303 e. The van der Waals surface area contributed by atoms with E-state index in [-0.39, 0.29) is 11.5 Å². The number of rotatable bonds is 15. The number of carboxylic acid groups (broad SMARTS) is 1. The summed E-state index contributed by atoms with van der Waals surface area (Å²) in [4.78, 5) is 20.2. The molecule has 0 aromatic carbocycles. The number of carboxylic acids is 1. The van der Waals surface area contributed by atoms with Crippen LogP contribution in [0.25, 0.3) is 0 Å². The quantitative estimate of drug-likeness (QED) is 0.274. The summed E-state index contributed by atoms with van der Waals surface area (Å²) < 4.78 is 0. The Morgan fingerprint density at radius 3 is 1.45 bits per heavy atom. The van der Waals surface area contributed by atoms with E-state index in [2.05, 4.69) is 0 Å². The van der Waals surface area contributed by atoms with E-state index in [1.165, 1.54) is 38.5 Å². The molecule has 0 rings (SSSR count). The number of nitro groups is 1. The Morgan fingerprint density at radius 2 is 1.10 bits per heavy atom. The topological polar surface area (TPSA) is 80.4 Å². The maximum absolute atomic E-state index is 10.3. The minimum atomic E-state index is -0.691. The van der Waals surface area contributed by atoms with Gasteiger partial charge in [0.1, 0.15) is 0 Å². The molecule has 0 aliphatic rings. The van der Waals surface area contributed by atoms with Crippen molar-refractivity contribution < 1.29 is 14.8 Å². The second kappa shape index (κ2) is 14.3. The summed E-state index contributed by atoms with van der Waals surface area (Å²) in [6.07, 6.45) is 13.5. The van der Waals surface area contributed by atoms with E-state index >= 15 is 0 Å². The number of hydrogen-bond donors (Lipinski definition) is 1. The van der Waals surface area contributed by atoms with Crippen LogP contribution in [0, 0.1) is 10.1 Å². The normalized spacial score (nSPS) is 10.6. The zero-order chi connectivity index (χ0) is 15.1. The van der Waals surface area contributed by atoms with Gasteiger partial charge < -0.3 is 5.11 Å². The molecule has 5 nitrogen and oxygen atoms in total. The lowest BCUT2D eigenvalue weighted by atomic mass is 10.0. The molecular weight excluding hydrogens is 258 g/mol. The monoisotopic (exact) mass is 287 g/mol. The van der Waals surface area contributed by atoms with E-state index in [4.69, 9.17) is 5.11 Å². The van der Waals surface area contributed by atoms with Crippen LogP contribution in [0.2, 0.25) is 0 Å². The highest BCUT2D eigenvalue weighted by Crippen LogP contribution is 2.12. The van der Waals surface area contributed by atoms with E-state index in [1.54, 1.807) is 0 Å². The highest BCUT2D eigenvalue weighted by atomic mass is 16.6. The Kier molecular flexibility index (Phi) is 13.5. The van der Waals surface area contributed by atoms with Gasteiger partial charge in [0.15, 0.2) is 0 Å². The van der Waals surface area contributed by atoms with Crippen molar-refractivity contribution >= 4 is 5.97 Å². The van der Waals surface area contributed by atoms with Crippen LogP contribution in [0.15, 0.2) is 0 Å². The van der Waals surface area contributed by atoms with Gasteiger partial charge in [-0.05, 0) is 12.8 Å². The summed E-state index contributed by atoms with van der Waals surface area (Å²) in [6.45, 7) is 0.113. The van der Waals surface area contributed by atoms with Crippen LogP contribution in [0.1, 0.15) is 83.5 Å². The Hall–Kier alpha value is -1.13. The molecule has 0 heterocycles. The number of hydrogen-bond acceptors (Lipinski definition) is 3.